The normalized spacial score (nSPS) is 13.1. The van der Waals surface area contributed by atoms with Gasteiger partial charge in [-0.15, -0.1) is 11.3 Å². The second-order valence-corrected chi connectivity index (χ2v) is 8.42. The summed E-state index contributed by atoms with van der Waals surface area (Å²) in [5.74, 6) is -1.33. The number of rotatable bonds is 8. The highest BCUT2D eigenvalue weighted by molar-refractivity contribution is 9.11. The molecule has 3 N–H and O–H groups in total. The minimum Gasteiger partial charge on any atom is -0.394 e. The highest BCUT2D eigenvalue weighted by Crippen LogP contribution is 2.25. The first kappa shape index (κ1) is 20.6. The number of benzene rings is 1. The maximum absolute atomic E-state index is 12.6. The van der Waals surface area contributed by atoms with E-state index in [0.29, 0.717) is 11.3 Å². The van der Waals surface area contributed by atoms with Crippen molar-refractivity contribution in [2.45, 2.75) is 18.9 Å². The van der Waals surface area contributed by atoms with Crippen molar-refractivity contribution in [2.75, 3.05) is 13.7 Å². The van der Waals surface area contributed by atoms with Gasteiger partial charge in [0.15, 0.2) is 0 Å². The number of hydrogen-bond donors (Lipinski definition) is 3. The van der Waals surface area contributed by atoms with Crippen LogP contribution in [0.25, 0.3) is 0 Å². The van der Waals surface area contributed by atoms with Gasteiger partial charge in [0.2, 0.25) is 5.91 Å². The lowest BCUT2D eigenvalue weighted by atomic mass is 9.91. The number of likely N-dealkylation sites (N-methyl/N-ethyl adjacent to an activating group) is 1. The molecule has 0 aliphatic heterocycles. The minimum atomic E-state index is -0.579. The van der Waals surface area contributed by atoms with E-state index in [1.165, 1.54) is 16.2 Å². The van der Waals surface area contributed by atoms with Crippen LogP contribution in [0.4, 0.5) is 0 Å². The molecule has 26 heavy (non-hydrogen) atoms. The third-order valence-corrected chi connectivity index (χ3v) is 5.84. The first-order valence-corrected chi connectivity index (χ1v) is 9.68. The van der Waals surface area contributed by atoms with Crippen LogP contribution in [0.2, 0.25) is 0 Å². The van der Waals surface area contributed by atoms with Crippen molar-refractivity contribution < 1.29 is 19.9 Å². The van der Waals surface area contributed by atoms with Gasteiger partial charge in [-0.2, -0.15) is 0 Å². The van der Waals surface area contributed by atoms with Gasteiger partial charge in [-0.1, -0.05) is 30.3 Å². The van der Waals surface area contributed by atoms with E-state index in [4.69, 9.17) is 5.21 Å². The van der Waals surface area contributed by atoms with Crippen LogP contribution < -0.4 is 5.48 Å². The first-order chi connectivity index (χ1) is 12.5. The summed E-state index contributed by atoms with van der Waals surface area (Å²) < 4.78 is 0.844. The zero-order valence-corrected chi connectivity index (χ0v) is 16.7. The lowest BCUT2D eigenvalue weighted by Crippen LogP contribution is -2.43. The fourth-order valence-electron chi connectivity index (χ4n) is 2.73. The molecule has 0 aliphatic rings. The Hall–Kier alpha value is -1.74. The number of nitrogens with zero attached hydrogens (tertiary/aromatic N) is 1. The number of aliphatic hydroxyl groups is 1. The molecule has 8 heteroatoms. The Morgan fingerprint density at radius 1 is 1.23 bits per heavy atom. The number of nitrogens with one attached hydrogen (secondary N) is 1. The minimum absolute atomic E-state index is 0.220. The Labute approximate surface area is 164 Å². The van der Waals surface area contributed by atoms with Gasteiger partial charge >= 0.3 is 0 Å². The maximum Gasteiger partial charge on any atom is 0.264 e. The van der Waals surface area contributed by atoms with Gasteiger partial charge in [-0.3, -0.25) is 14.8 Å². The van der Waals surface area contributed by atoms with Crippen molar-refractivity contribution in [3.8, 4) is 0 Å². The molecular formula is C18H21BrN2O4S. The molecular weight excluding hydrogens is 420 g/mol. The van der Waals surface area contributed by atoms with E-state index >= 15 is 0 Å². The van der Waals surface area contributed by atoms with Crippen molar-refractivity contribution in [2.24, 2.45) is 5.92 Å². The molecule has 1 aromatic carbocycles. The molecule has 2 rings (SSSR count). The Morgan fingerprint density at radius 2 is 1.92 bits per heavy atom. The van der Waals surface area contributed by atoms with Crippen LogP contribution in [0.15, 0.2) is 46.3 Å². The highest BCUT2D eigenvalue weighted by atomic mass is 79.9. The van der Waals surface area contributed by atoms with Gasteiger partial charge in [0.25, 0.3) is 5.91 Å². The average molecular weight is 441 g/mol. The molecule has 140 valence electrons. The second-order valence-electron chi connectivity index (χ2n) is 5.95. The number of hydrogen-bond acceptors (Lipinski definition) is 5. The number of carbonyl (C=O) groups excluding carboxylic acids is 2. The topological polar surface area (TPSA) is 89.9 Å². The third kappa shape index (κ3) is 5.38. The van der Waals surface area contributed by atoms with Crippen LogP contribution in [-0.4, -0.2) is 46.7 Å². The largest absolute Gasteiger partial charge is 0.394 e. The zero-order valence-electron chi connectivity index (χ0n) is 14.3. The summed E-state index contributed by atoms with van der Waals surface area (Å²) in [5, 5.41) is 18.8. The first-order valence-electron chi connectivity index (χ1n) is 8.07. The van der Waals surface area contributed by atoms with E-state index in [0.717, 1.165) is 9.35 Å². The molecule has 0 radical (unpaired) electrons. The quantitative estimate of drug-likeness (QED) is 0.434. The number of thiophene rings is 1. The Kier molecular flexibility index (Phi) is 7.77. The van der Waals surface area contributed by atoms with Crippen LogP contribution in [-0.2, 0) is 11.2 Å². The van der Waals surface area contributed by atoms with E-state index in [1.807, 2.05) is 30.3 Å². The summed E-state index contributed by atoms with van der Waals surface area (Å²) in [6, 6.07) is 12.4. The number of carbonyl (C=O) groups is 2. The Morgan fingerprint density at radius 3 is 2.46 bits per heavy atom. The highest BCUT2D eigenvalue weighted by Gasteiger charge is 2.28. The molecule has 0 spiro atoms. The number of hydroxylamine groups is 1. The maximum atomic E-state index is 12.6. The fourth-order valence-corrected chi connectivity index (χ4v) is 4.09. The fraction of sp³-hybridized carbons (Fsp3) is 0.333. The van der Waals surface area contributed by atoms with Crippen LogP contribution in [0, 0.1) is 5.92 Å². The van der Waals surface area contributed by atoms with Crippen molar-refractivity contribution in [1.29, 1.82) is 0 Å². The van der Waals surface area contributed by atoms with Crippen LogP contribution in [0.3, 0.4) is 0 Å². The molecule has 0 saturated heterocycles. The lowest BCUT2D eigenvalue weighted by molar-refractivity contribution is -0.134. The van der Waals surface area contributed by atoms with E-state index in [1.54, 1.807) is 24.7 Å². The van der Waals surface area contributed by atoms with Crippen LogP contribution in [0.1, 0.15) is 21.7 Å². The lowest BCUT2D eigenvalue weighted by Gasteiger charge is -2.29. The number of aliphatic hydroxyl groups excluding tert-OH is 1. The van der Waals surface area contributed by atoms with E-state index < -0.39 is 17.9 Å². The molecule has 0 saturated carbocycles. The Bertz CT molecular complexity index is 738. The Balaban J connectivity index is 2.12. The summed E-state index contributed by atoms with van der Waals surface area (Å²) in [5.41, 5.74) is 2.63. The molecule has 2 amide bonds. The van der Waals surface area contributed by atoms with Crippen molar-refractivity contribution in [3.63, 3.8) is 0 Å². The van der Waals surface area contributed by atoms with Gasteiger partial charge < -0.3 is 10.0 Å². The van der Waals surface area contributed by atoms with Gasteiger partial charge in [-0.05, 0) is 46.5 Å². The van der Waals surface area contributed by atoms with Crippen LogP contribution in [0.5, 0.6) is 0 Å². The van der Waals surface area contributed by atoms with Crippen molar-refractivity contribution in [1.82, 2.24) is 10.4 Å². The van der Waals surface area contributed by atoms with Gasteiger partial charge in [0.05, 0.1) is 21.3 Å². The van der Waals surface area contributed by atoms with Crippen LogP contribution >= 0.6 is 27.3 Å². The van der Waals surface area contributed by atoms with Crippen molar-refractivity contribution in [3.05, 3.63) is 56.7 Å². The van der Waals surface area contributed by atoms with Gasteiger partial charge in [0, 0.05) is 13.0 Å². The molecule has 0 aliphatic carbocycles. The molecule has 2 unspecified atom stereocenters. The third-order valence-electron chi connectivity index (χ3n) is 4.23. The molecule has 2 aromatic rings. The summed E-state index contributed by atoms with van der Waals surface area (Å²) in [4.78, 5) is 26.7. The average Bonchev–Trinajstić information content (AvgIpc) is 3.10. The predicted octanol–water partition coefficient (Wildman–Crippen LogP) is 2.70. The summed E-state index contributed by atoms with van der Waals surface area (Å²) in [6.45, 7) is -0.279. The monoisotopic (exact) mass is 440 g/mol. The number of amides is 2. The summed E-state index contributed by atoms with van der Waals surface area (Å²) >= 11 is 4.64. The second kappa shape index (κ2) is 9.82. The zero-order chi connectivity index (χ0) is 19.1. The molecule has 6 nitrogen and oxygen atoms in total. The molecule has 1 heterocycles. The molecule has 2 atom stereocenters. The standard InChI is InChI=1S/C18H21BrN2O4S/c1-21(18(24)15-7-8-16(19)26-15)14(11-22)10-13(17(23)20-25)9-12-5-3-2-4-6-12/h2-8,13-14,22,25H,9-11H2,1H3,(H,20,23). The predicted molar refractivity (Wildman–Crippen MR) is 103 cm³/mol. The van der Waals surface area contributed by atoms with E-state index in [9.17, 15) is 14.7 Å². The van der Waals surface area contributed by atoms with E-state index in [2.05, 4.69) is 15.9 Å². The summed E-state index contributed by atoms with van der Waals surface area (Å²) in [6.07, 6.45) is 0.628. The molecule has 1 aromatic heterocycles. The van der Waals surface area contributed by atoms with Crippen molar-refractivity contribution >= 4 is 39.1 Å². The molecule has 0 fully saturated rings. The number of halogens is 1. The summed E-state index contributed by atoms with van der Waals surface area (Å²) in [7, 11) is 1.60. The van der Waals surface area contributed by atoms with Gasteiger partial charge in [-0.25, -0.2) is 5.48 Å². The molecule has 0 bridgehead atoms. The SMILES string of the molecule is CN(C(=O)c1ccc(Br)s1)C(CO)CC(Cc1ccccc1)C(=O)NO. The smallest absolute Gasteiger partial charge is 0.264 e. The van der Waals surface area contributed by atoms with Gasteiger partial charge in [0.1, 0.15) is 0 Å². The van der Waals surface area contributed by atoms with E-state index in [-0.39, 0.29) is 18.9 Å².